The Morgan fingerprint density at radius 3 is 2.62 bits per heavy atom. The van der Waals surface area contributed by atoms with Crippen molar-refractivity contribution in [3.63, 3.8) is 0 Å². The van der Waals surface area contributed by atoms with Crippen molar-refractivity contribution in [3.05, 3.63) is 59.4 Å². The van der Waals surface area contributed by atoms with Crippen molar-refractivity contribution in [3.8, 4) is 0 Å². The van der Waals surface area contributed by atoms with Crippen molar-refractivity contribution in [2.45, 2.75) is 13.0 Å². The van der Waals surface area contributed by atoms with Crippen LogP contribution in [0.15, 0.2) is 42.6 Å². The Bertz CT molecular complexity index is 689. The van der Waals surface area contributed by atoms with E-state index in [1.54, 1.807) is 0 Å². The number of carbonyl (C=O) groups excluding carboxylic acids is 1. The predicted molar refractivity (Wildman–Crippen MR) is 94.1 cm³/mol. The molecule has 5 heteroatoms. The first kappa shape index (κ1) is 16.7. The second kappa shape index (κ2) is 7.64. The van der Waals surface area contributed by atoms with Gasteiger partial charge in [-0.05, 0) is 30.7 Å². The molecule has 1 aromatic heterocycles. The number of ether oxygens (including phenoxy) is 1. The molecule has 0 radical (unpaired) electrons. The third kappa shape index (κ3) is 3.68. The Labute approximate surface area is 143 Å². The van der Waals surface area contributed by atoms with Crippen LogP contribution in [0.2, 0.25) is 0 Å². The van der Waals surface area contributed by atoms with Crippen LogP contribution in [0.4, 0.5) is 0 Å². The van der Waals surface area contributed by atoms with Crippen molar-refractivity contribution >= 4 is 5.91 Å². The van der Waals surface area contributed by atoms with E-state index in [1.807, 2.05) is 50.5 Å². The van der Waals surface area contributed by atoms with Gasteiger partial charge in [0.15, 0.2) is 0 Å². The summed E-state index contributed by atoms with van der Waals surface area (Å²) in [6, 6.07) is 12.0. The summed E-state index contributed by atoms with van der Waals surface area (Å²) in [6.07, 6.45) is 2.05. The van der Waals surface area contributed by atoms with Crippen molar-refractivity contribution in [2.24, 2.45) is 7.05 Å². The van der Waals surface area contributed by atoms with Gasteiger partial charge in [0.25, 0.3) is 5.91 Å². The number of benzene rings is 1. The molecular weight excluding hydrogens is 302 g/mol. The number of hydrogen-bond acceptors (Lipinski definition) is 3. The summed E-state index contributed by atoms with van der Waals surface area (Å²) in [5.41, 5.74) is 2.95. The van der Waals surface area contributed by atoms with E-state index < -0.39 is 0 Å². The third-order valence-corrected chi connectivity index (χ3v) is 4.66. The topological polar surface area (TPSA) is 46.5 Å². The highest BCUT2D eigenvalue weighted by Gasteiger charge is 2.25. The molecule has 2 aromatic rings. The molecule has 1 aromatic carbocycles. The fourth-order valence-electron chi connectivity index (χ4n) is 3.24. The first-order valence-corrected chi connectivity index (χ1v) is 8.43. The van der Waals surface area contributed by atoms with E-state index in [2.05, 4.69) is 20.9 Å². The zero-order valence-electron chi connectivity index (χ0n) is 14.4. The molecule has 1 aliphatic rings. The van der Waals surface area contributed by atoms with Crippen LogP contribution >= 0.6 is 0 Å². The lowest BCUT2D eigenvalue weighted by molar-refractivity contribution is 0.0148. The van der Waals surface area contributed by atoms with Gasteiger partial charge in [-0.15, -0.1) is 0 Å². The molecule has 24 heavy (non-hydrogen) atoms. The summed E-state index contributed by atoms with van der Waals surface area (Å²) in [4.78, 5) is 14.9. The average Bonchev–Trinajstić information content (AvgIpc) is 3.02. The van der Waals surface area contributed by atoms with Crippen molar-refractivity contribution in [1.29, 1.82) is 0 Å². The minimum atomic E-state index is -0.0134. The molecule has 0 aliphatic carbocycles. The van der Waals surface area contributed by atoms with E-state index >= 15 is 0 Å². The van der Waals surface area contributed by atoms with Gasteiger partial charge in [0.05, 0.1) is 19.3 Å². The van der Waals surface area contributed by atoms with Crippen LogP contribution in [-0.4, -0.2) is 48.2 Å². The Hall–Kier alpha value is -2.11. The van der Waals surface area contributed by atoms with Crippen LogP contribution in [0, 0.1) is 6.92 Å². The number of aryl methyl sites for hydroxylation is 2. The van der Waals surface area contributed by atoms with Crippen LogP contribution < -0.4 is 5.32 Å². The standard InChI is InChI=1S/C19H25N3O2/c1-15-6-3-4-7-16(15)19(23)20-14-18(17-8-5-9-21(17)2)22-10-12-24-13-11-22/h3-9,18H,10-14H2,1-2H3,(H,20,23). The monoisotopic (exact) mass is 327 g/mol. The van der Waals surface area contributed by atoms with Crippen LogP contribution in [0.5, 0.6) is 0 Å². The highest BCUT2D eigenvalue weighted by atomic mass is 16.5. The fraction of sp³-hybridized carbons (Fsp3) is 0.421. The molecule has 1 aliphatic heterocycles. The second-order valence-electron chi connectivity index (χ2n) is 6.23. The molecule has 128 valence electrons. The first-order chi connectivity index (χ1) is 11.7. The van der Waals surface area contributed by atoms with Gasteiger partial charge in [0, 0.05) is 44.1 Å². The summed E-state index contributed by atoms with van der Waals surface area (Å²) in [7, 11) is 2.05. The molecule has 1 N–H and O–H groups in total. The van der Waals surface area contributed by atoms with E-state index in [-0.39, 0.29) is 11.9 Å². The lowest BCUT2D eigenvalue weighted by Gasteiger charge is -2.35. The van der Waals surface area contributed by atoms with Gasteiger partial charge in [0.2, 0.25) is 0 Å². The zero-order valence-corrected chi connectivity index (χ0v) is 14.4. The summed E-state index contributed by atoms with van der Waals surface area (Å²) in [5, 5.41) is 3.12. The van der Waals surface area contributed by atoms with E-state index in [1.165, 1.54) is 5.69 Å². The Balaban J connectivity index is 1.73. The molecule has 1 fully saturated rings. The summed E-state index contributed by atoms with van der Waals surface area (Å²) in [6.45, 7) is 5.81. The maximum absolute atomic E-state index is 12.5. The maximum atomic E-state index is 12.5. The minimum Gasteiger partial charge on any atom is -0.379 e. The second-order valence-corrected chi connectivity index (χ2v) is 6.23. The fourth-order valence-corrected chi connectivity index (χ4v) is 3.24. The third-order valence-electron chi connectivity index (χ3n) is 4.66. The van der Waals surface area contributed by atoms with Crippen LogP contribution in [-0.2, 0) is 11.8 Å². The van der Waals surface area contributed by atoms with Crippen LogP contribution in [0.1, 0.15) is 27.7 Å². The molecule has 3 rings (SSSR count). The average molecular weight is 327 g/mol. The molecule has 0 saturated carbocycles. The summed E-state index contributed by atoms with van der Waals surface area (Å²) < 4.78 is 7.60. The first-order valence-electron chi connectivity index (χ1n) is 8.43. The normalized spacial score (nSPS) is 16.8. The van der Waals surface area contributed by atoms with Gasteiger partial charge in [-0.25, -0.2) is 0 Å². The number of morpholine rings is 1. The molecule has 2 heterocycles. The van der Waals surface area contributed by atoms with E-state index in [0.29, 0.717) is 6.54 Å². The molecule has 1 amide bonds. The van der Waals surface area contributed by atoms with Gasteiger partial charge >= 0.3 is 0 Å². The molecule has 1 unspecified atom stereocenters. The van der Waals surface area contributed by atoms with Gasteiger partial charge in [-0.3, -0.25) is 9.69 Å². The summed E-state index contributed by atoms with van der Waals surface area (Å²) >= 11 is 0. The highest BCUT2D eigenvalue weighted by molar-refractivity contribution is 5.95. The lowest BCUT2D eigenvalue weighted by atomic mass is 10.1. The van der Waals surface area contributed by atoms with Gasteiger partial charge < -0.3 is 14.6 Å². The Morgan fingerprint density at radius 1 is 1.21 bits per heavy atom. The molecule has 0 bridgehead atoms. The number of carbonyl (C=O) groups is 1. The molecule has 0 spiro atoms. The van der Waals surface area contributed by atoms with Gasteiger partial charge in [-0.2, -0.15) is 0 Å². The number of hydrogen-bond donors (Lipinski definition) is 1. The van der Waals surface area contributed by atoms with Crippen LogP contribution in [0.3, 0.4) is 0 Å². The Morgan fingerprint density at radius 2 is 1.96 bits per heavy atom. The largest absolute Gasteiger partial charge is 0.379 e. The summed E-state index contributed by atoms with van der Waals surface area (Å²) in [5.74, 6) is -0.0134. The quantitative estimate of drug-likeness (QED) is 0.915. The number of nitrogens with zero attached hydrogens (tertiary/aromatic N) is 2. The lowest BCUT2D eigenvalue weighted by Crippen LogP contribution is -2.44. The number of rotatable bonds is 5. The SMILES string of the molecule is Cc1ccccc1C(=O)NCC(c1cccn1C)N1CCOCC1. The van der Waals surface area contributed by atoms with Crippen molar-refractivity contribution in [1.82, 2.24) is 14.8 Å². The number of nitrogens with one attached hydrogen (secondary N) is 1. The zero-order chi connectivity index (χ0) is 16.9. The van der Waals surface area contributed by atoms with Crippen molar-refractivity contribution in [2.75, 3.05) is 32.8 Å². The van der Waals surface area contributed by atoms with E-state index in [9.17, 15) is 4.79 Å². The van der Waals surface area contributed by atoms with Gasteiger partial charge in [0.1, 0.15) is 0 Å². The maximum Gasteiger partial charge on any atom is 0.251 e. The minimum absolute atomic E-state index is 0.0134. The highest BCUT2D eigenvalue weighted by Crippen LogP contribution is 2.21. The molecule has 1 atom stereocenters. The molecule has 1 saturated heterocycles. The van der Waals surface area contributed by atoms with Crippen LogP contribution in [0.25, 0.3) is 0 Å². The van der Waals surface area contributed by atoms with E-state index in [0.717, 1.165) is 37.4 Å². The number of aromatic nitrogens is 1. The predicted octanol–water partition coefficient (Wildman–Crippen LogP) is 2.14. The number of amides is 1. The van der Waals surface area contributed by atoms with E-state index in [4.69, 9.17) is 4.74 Å². The smallest absolute Gasteiger partial charge is 0.251 e. The van der Waals surface area contributed by atoms with Crippen molar-refractivity contribution < 1.29 is 9.53 Å². The van der Waals surface area contributed by atoms with Gasteiger partial charge in [-0.1, -0.05) is 18.2 Å². The molecule has 5 nitrogen and oxygen atoms in total. The Kier molecular flexibility index (Phi) is 5.33. The molecular formula is C19H25N3O2.